The minimum absolute atomic E-state index is 0.767. The van der Waals surface area contributed by atoms with Crippen LogP contribution in [0.15, 0.2) is 108 Å². The topological polar surface area (TPSA) is 73.4 Å². The zero-order valence-electron chi connectivity index (χ0n) is 23.3. The van der Waals surface area contributed by atoms with Crippen molar-refractivity contribution >= 4 is 45.4 Å². The number of rotatable bonds is 3. The lowest BCUT2D eigenvalue weighted by Crippen LogP contribution is -1.85. The van der Waals surface area contributed by atoms with Crippen molar-refractivity contribution in [1.82, 2.24) is 19.9 Å². The Hall–Kier alpha value is -5.55. The van der Waals surface area contributed by atoms with E-state index in [0.717, 1.165) is 78.1 Å². The molecule has 0 radical (unpaired) electrons. The third kappa shape index (κ3) is 4.06. The number of fused-ring (bicyclic) bond motifs is 9. The molecule has 6 heterocycles. The van der Waals surface area contributed by atoms with E-state index in [1.165, 1.54) is 11.1 Å². The van der Waals surface area contributed by atoms with Crippen molar-refractivity contribution in [2.45, 2.75) is 13.8 Å². The van der Waals surface area contributed by atoms with Gasteiger partial charge < -0.3 is 19.4 Å². The summed E-state index contributed by atoms with van der Waals surface area (Å²) in [6.07, 6.45) is 6.09. The fourth-order valence-corrected chi connectivity index (χ4v) is 5.84. The van der Waals surface area contributed by atoms with E-state index in [0.29, 0.717) is 0 Å². The molecule has 3 N–H and O–H groups in total. The molecule has 5 heteroatoms. The first-order valence-electron chi connectivity index (χ1n) is 14.1. The van der Waals surface area contributed by atoms with E-state index in [2.05, 4.69) is 126 Å². The fourth-order valence-electron chi connectivity index (χ4n) is 5.84. The zero-order valence-corrected chi connectivity index (χ0v) is 23.3. The molecular weight excluding hydrogens is 516 g/mol. The Kier molecular flexibility index (Phi) is 5.50. The molecule has 0 saturated heterocycles. The van der Waals surface area contributed by atoms with E-state index in [1.807, 2.05) is 18.3 Å². The summed E-state index contributed by atoms with van der Waals surface area (Å²) in [5.41, 5.74) is 15.8. The van der Waals surface area contributed by atoms with Gasteiger partial charge >= 0.3 is 0 Å². The van der Waals surface area contributed by atoms with Crippen LogP contribution in [-0.2, 0) is 0 Å². The molecule has 2 aromatic carbocycles. The molecule has 0 spiro atoms. The van der Waals surface area contributed by atoms with Gasteiger partial charge in [-0.1, -0.05) is 59.7 Å². The molecule has 0 saturated carbocycles. The standard InChI is InChI=1S/C37H28N4O/c1-22-5-9-24(10-6-22)35-29-15-13-26(39-29)27-14-16-31(40-27)36(25-11-7-23(2)8-12-25)33-19-20-34(42-33)37(28-4-3-21-38-28)32-18-17-30(35)41-32/h3-21,38-39,41H,1-2H3. The molecule has 202 valence electrons. The summed E-state index contributed by atoms with van der Waals surface area (Å²) in [6.45, 7) is 4.21. The lowest BCUT2D eigenvalue weighted by molar-refractivity contribution is 0.668. The first-order chi connectivity index (χ1) is 20.6. The van der Waals surface area contributed by atoms with E-state index in [-0.39, 0.29) is 0 Å². The van der Waals surface area contributed by atoms with Crippen LogP contribution in [0.2, 0.25) is 0 Å². The molecule has 8 rings (SSSR count). The van der Waals surface area contributed by atoms with Crippen molar-refractivity contribution < 1.29 is 4.42 Å². The van der Waals surface area contributed by atoms with Crippen LogP contribution >= 0.6 is 0 Å². The van der Waals surface area contributed by atoms with Crippen molar-refractivity contribution in [2.75, 3.05) is 0 Å². The van der Waals surface area contributed by atoms with Crippen LogP contribution in [0.3, 0.4) is 0 Å². The number of H-pyrrole nitrogens is 3. The molecule has 5 nitrogen and oxygen atoms in total. The van der Waals surface area contributed by atoms with Crippen LogP contribution in [-0.4, -0.2) is 19.9 Å². The summed E-state index contributed by atoms with van der Waals surface area (Å²) in [5, 5.41) is 0. The Morgan fingerprint density at radius 1 is 0.524 bits per heavy atom. The summed E-state index contributed by atoms with van der Waals surface area (Å²) in [5.74, 6) is 0. The number of nitrogens with one attached hydrogen (secondary N) is 3. The maximum Gasteiger partial charge on any atom is 0.139 e. The van der Waals surface area contributed by atoms with E-state index in [4.69, 9.17) is 9.40 Å². The predicted molar refractivity (Wildman–Crippen MR) is 173 cm³/mol. The lowest BCUT2D eigenvalue weighted by atomic mass is 10.0. The number of benzene rings is 2. The largest absolute Gasteiger partial charge is 0.456 e. The molecule has 0 amide bonds. The molecule has 1 aliphatic heterocycles. The van der Waals surface area contributed by atoms with Gasteiger partial charge in [0, 0.05) is 22.8 Å². The number of hydrogen-bond donors (Lipinski definition) is 3. The number of aryl methyl sites for hydroxylation is 2. The zero-order chi connectivity index (χ0) is 28.2. The van der Waals surface area contributed by atoms with E-state index < -0.39 is 0 Å². The quantitative estimate of drug-likeness (QED) is 0.207. The number of nitrogens with zero attached hydrogens (tertiary/aromatic N) is 1. The van der Waals surface area contributed by atoms with Gasteiger partial charge in [-0.25, -0.2) is 4.98 Å². The Balaban J connectivity index is 1.55. The molecule has 8 bridgehead atoms. The maximum absolute atomic E-state index is 6.71. The molecule has 0 atom stereocenters. The minimum Gasteiger partial charge on any atom is -0.456 e. The molecular formula is C37H28N4O. The van der Waals surface area contributed by atoms with Gasteiger partial charge in [0.1, 0.15) is 11.2 Å². The van der Waals surface area contributed by atoms with Gasteiger partial charge in [-0.2, -0.15) is 0 Å². The molecule has 0 aliphatic carbocycles. The second-order valence-electron chi connectivity index (χ2n) is 10.9. The molecule has 7 aromatic rings. The van der Waals surface area contributed by atoms with Crippen molar-refractivity contribution in [3.05, 3.63) is 126 Å². The Labute approximate surface area is 242 Å². The van der Waals surface area contributed by atoms with Gasteiger partial charge in [0.15, 0.2) is 0 Å². The third-order valence-corrected chi connectivity index (χ3v) is 8.00. The second-order valence-corrected chi connectivity index (χ2v) is 10.9. The molecule has 1 aliphatic rings. The lowest BCUT2D eigenvalue weighted by Gasteiger charge is -2.04. The highest BCUT2D eigenvalue weighted by Gasteiger charge is 2.16. The highest BCUT2D eigenvalue weighted by molar-refractivity contribution is 5.99. The third-order valence-electron chi connectivity index (χ3n) is 8.00. The van der Waals surface area contributed by atoms with Gasteiger partial charge in [-0.15, -0.1) is 0 Å². The first kappa shape index (κ1) is 24.3. The Bertz CT molecular complexity index is 2240. The van der Waals surface area contributed by atoms with Gasteiger partial charge in [-0.3, -0.25) is 0 Å². The van der Waals surface area contributed by atoms with E-state index in [9.17, 15) is 0 Å². The maximum atomic E-state index is 6.71. The molecule has 0 unspecified atom stereocenters. The summed E-state index contributed by atoms with van der Waals surface area (Å²) in [7, 11) is 0. The average molecular weight is 545 g/mol. The van der Waals surface area contributed by atoms with Crippen molar-refractivity contribution in [1.29, 1.82) is 0 Å². The minimum atomic E-state index is 0.767. The van der Waals surface area contributed by atoms with Crippen LogP contribution in [0, 0.1) is 13.8 Å². The van der Waals surface area contributed by atoms with Crippen molar-refractivity contribution in [3.63, 3.8) is 0 Å². The summed E-state index contributed by atoms with van der Waals surface area (Å²) >= 11 is 0. The monoisotopic (exact) mass is 544 g/mol. The number of aromatic nitrogens is 4. The highest BCUT2D eigenvalue weighted by Crippen LogP contribution is 2.36. The van der Waals surface area contributed by atoms with Crippen LogP contribution in [0.25, 0.3) is 78.9 Å². The van der Waals surface area contributed by atoms with Crippen molar-refractivity contribution in [2.24, 2.45) is 0 Å². The summed E-state index contributed by atoms with van der Waals surface area (Å²) in [4.78, 5) is 15.9. The summed E-state index contributed by atoms with van der Waals surface area (Å²) in [6, 6.07) is 33.9. The number of aromatic amines is 3. The van der Waals surface area contributed by atoms with Gasteiger partial charge in [0.2, 0.25) is 0 Å². The van der Waals surface area contributed by atoms with Crippen LogP contribution in [0.1, 0.15) is 22.5 Å². The normalized spacial score (nSPS) is 12.0. The van der Waals surface area contributed by atoms with E-state index >= 15 is 0 Å². The van der Waals surface area contributed by atoms with Crippen LogP contribution < -0.4 is 0 Å². The van der Waals surface area contributed by atoms with E-state index in [1.54, 1.807) is 0 Å². The smallest absolute Gasteiger partial charge is 0.139 e. The number of furan rings is 1. The molecule has 0 fully saturated rings. The Morgan fingerprint density at radius 3 is 1.71 bits per heavy atom. The summed E-state index contributed by atoms with van der Waals surface area (Å²) < 4.78 is 6.71. The predicted octanol–water partition coefficient (Wildman–Crippen LogP) is 9.91. The van der Waals surface area contributed by atoms with Crippen molar-refractivity contribution in [3.8, 4) is 33.5 Å². The van der Waals surface area contributed by atoms with Gasteiger partial charge in [0.05, 0.1) is 39.2 Å². The van der Waals surface area contributed by atoms with Crippen LogP contribution in [0.4, 0.5) is 0 Å². The first-order valence-corrected chi connectivity index (χ1v) is 14.1. The number of hydrogen-bond acceptors (Lipinski definition) is 2. The van der Waals surface area contributed by atoms with Gasteiger partial charge in [-0.05, 0) is 85.7 Å². The molecule has 42 heavy (non-hydrogen) atoms. The fraction of sp³-hybridized carbons (Fsp3) is 0.0541. The van der Waals surface area contributed by atoms with Gasteiger partial charge in [0.25, 0.3) is 0 Å². The SMILES string of the molecule is Cc1ccc(-c2c3ccc([nH]3)c3nc(c(-c4ccc(C)cc4)c4ccc(o4)c(-c4ccc[nH]4)c4ccc2[nH]4)C=C3)cc1. The molecule has 5 aromatic heterocycles. The average Bonchev–Trinajstić information content (AvgIpc) is 3.83. The Morgan fingerprint density at radius 2 is 1.07 bits per heavy atom. The highest BCUT2D eigenvalue weighted by atomic mass is 16.3. The second kappa shape index (κ2) is 9.53. The van der Waals surface area contributed by atoms with Crippen LogP contribution in [0.5, 0.6) is 0 Å².